The Bertz CT molecular complexity index is 3170. The van der Waals surface area contributed by atoms with E-state index in [0.717, 1.165) is 38.3 Å². The quantitative estimate of drug-likeness (QED) is 0.00539. The highest BCUT2D eigenvalue weighted by atomic mass is 33.1. The Kier molecular flexibility index (Phi) is 21.1. The van der Waals surface area contributed by atoms with Crippen LogP contribution in [0.1, 0.15) is 73.2 Å². The molecule has 5 aromatic rings. The summed E-state index contributed by atoms with van der Waals surface area (Å²) in [5, 5.41) is 27.7. The zero-order valence-electron chi connectivity index (χ0n) is 44.4. The normalized spacial score (nSPS) is 14.6. The molecule has 7 rings (SSSR count). The number of nitrogens with one attached hydrogen (secondary N) is 4. The summed E-state index contributed by atoms with van der Waals surface area (Å²) >= 11 is 2.69. The number of carbonyl (C=O) groups excluding carboxylic acids is 3. The lowest BCUT2D eigenvalue weighted by Gasteiger charge is -2.31. The topological polar surface area (TPSA) is 236 Å². The molecular weight excluding hydrogens is 1120 g/mol. The van der Waals surface area contributed by atoms with Gasteiger partial charge in [-0.1, -0.05) is 29.0 Å². The van der Waals surface area contributed by atoms with E-state index < -0.39 is 45.6 Å². The number of unbranched alkanes of at least 4 members (excludes halogenated alkanes) is 1. The van der Waals surface area contributed by atoms with Gasteiger partial charge in [-0.15, -0.1) is 22.7 Å². The predicted molar refractivity (Wildman–Crippen MR) is 309 cm³/mol. The van der Waals surface area contributed by atoms with Crippen molar-refractivity contribution >= 4 is 96.5 Å². The number of nitro groups is 1. The van der Waals surface area contributed by atoms with Crippen LogP contribution in [-0.2, 0) is 30.9 Å². The van der Waals surface area contributed by atoms with E-state index in [4.69, 9.17) is 9.47 Å². The highest BCUT2D eigenvalue weighted by molar-refractivity contribution is 8.76. The molecule has 2 aliphatic heterocycles. The molecule has 0 saturated carbocycles. The van der Waals surface area contributed by atoms with Crippen LogP contribution < -0.4 is 30.7 Å². The van der Waals surface area contributed by atoms with Crippen LogP contribution in [0.15, 0.2) is 100.0 Å². The van der Waals surface area contributed by atoms with Gasteiger partial charge in [0.25, 0.3) is 15.8 Å². The van der Waals surface area contributed by atoms with E-state index in [1.54, 1.807) is 63.5 Å². The summed E-state index contributed by atoms with van der Waals surface area (Å²) in [6.07, 6.45) is 6.79. The maximum Gasteiger partial charge on any atom is 0.737 e. The molecule has 5 N–H and O–H groups in total. The van der Waals surface area contributed by atoms with Crippen molar-refractivity contribution in [3.63, 3.8) is 0 Å². The lowest BCUT2D eigenvalue weighted by atomic mass is 9.88. The molecule has 6 heterocycles. The average Bonchev–Trinajstić information content (AvgIpc) is 4.06. The first kappa shape index (κ1) is 60.7. The Morgan fingerprint density at radius 3 is 2.37 bits per heavy atom. The van der Waals surface area contributed by atoms with Crippen molar-refractivity contribution < 1.29 is 59.4 Å². The number of allylic oxidation sites excluding steroid dienone is 2. The number of rotatable bonds is 31. The van der Waals surface area contributed by atoms with E-state index >= 15 is 8.63 Å². The number of pyridine rings is 1. The van der Waals surface area contributed by atoms with Crippen LogP contribution in [0.4, 0.5) is 14.3 Å². The number of carbonyl (C=O) groups is 3. The SMILES string of the molecule is COc1cc(C(C)NCCSSc2ccccn2)c([N+](=O)[O-])cc1OCCNC(=O)CCCCNC(=O)C(CS(=O)(=O)O)NC(=O)CCC1=CC(c2cccs2)=[N+]2C1=Cc1c(CCC[N+](C)(C)C)cc(-c3cccs3)n1[B-]2(F)F. The Hall–Kier alpha value is -5.94. The number of benzene rings is 1. The van der Waals surface area contributed by atoms with Gasteiger partial charge >= 0.3 is 6.97 Å². The first-order chi connectivity index (χ1) is 37.6. The Labute approximate surface area is 474 Å². The van der Waals surface area contributed by atoms with Crippen LogP contribution >= 0.6 is 44.3 Å². The molecule has 27 heteroatoms. The molecule has 0 bridgehead atoms. The van der Waals surface area contributed by atoms with Crippen molar-refractivity contribution in [3.05, 3.63) is 127 Å². The third-order valence-electron chi connectivity index (χ3n) is 12.9. The van der Waals surface area contributed by atoms with Gasteiger partial charge in [0.15, 0.2) is 22.9 Å². The van der Waals surface area contributed by atoms with Gasteiger partial charge in [-0.25, -0.2) is 4.98 Å². The predicted octanol–water partition coefficient (Wildman–Crippen LogP) is 7.97. The molecule has 4 aromatic heterocycles. The minimum Gasteiger partial charge on any atom is -0.493 e. The fourth-order valence-electron chi connectivity index (χ4n) is 9.16. The molecule has 0 spiro atoms. The molecule has 0 fully saturated rings. The summed E-state index contributed by atoms with van der Waals surface area (Å²) in [5.41, 5.74) is 2.85. The van der Waals surface area contributed by atoms with Crippen molar-refractivity contribution in [2.75, 3.05) is 72.5 Å². The second-order valence-corrected chi connectivity index (χ2v) is 25.6. The Balaban J connectivity index is 0.891. The van der Waals surface area contributed by atoms with Gasteiger partial charge in [0.2, 0.25) is 17.7 Å². The Morgan fingerprint density at radius 2 is 1.70 bits per heavy atom. The van der Waals surface area contributed by atoms with Crippen LogP contribution in [-0.4, -0.2) is 145 Å². The van der Waals surface area contributed by atoms with E-state index in [1.807, 2.05) is 48.7 Å². The second-order valence-electron chi connectivity index (χ2n) is 19.8. The van der Waals surface area contributed by atoms with Crippen LogP contribution in [0, 0.1) is 10.1 Å². The standard InChI is InChI=1S/C52H64BF2N9O10S5/c1-35(56-23-28-77-78-51-17-7-9-20-58-51)38-31-45(73-5)46(33-42(38)63(68)69)74-25-22-57-49(65)16-6-8-21-59-52(67)39(34-79(70,71)72)60-50(66)19-18-37-30-44(48-15-12-27-76-48)62-41(37)32-40-36(13-10-24-64(2,3)4)29-43(47-14-11-26-75-47)61(40)53(62,54)55/h7,9,11-12,14-15,17,20,26-27,29-33,35,39,56H,6,8,10,13,16,18-19,21-25,28,34H2,1-5H3,(H3-,57,59,60,65,66,67,70,71,72)/p+1. The fraction of sp³-hybridized carbons (Fsp3) is 0.404. The lowest BCUT2D eigenvalue weighted by molar-refractivity contribution is -0.870. The molecule has 19 nitrogen and oxygen atoms in total. The van der Waals surface area contributed by atoms with Crippen LogP contribution in [0.5, 0.6) is 11.5 Å². The van der Waals surface area contributed by atoms with Gasteiger partial charge in [-0.3, -0.25) is 29.1 Å². The smallest absolute Gasteiger partial charge is 0.493 e. The van der Waals surface area contributed by atoms with Gasteiger partial charge in [0.1, 0.15) is 23.4 Å². The fourth-order valence-corrected chi connectivity index (χ4v) is 13.1. The van der Waals surface area contributed by atoms with Crippen molar-refractivity contribution in [2.45, 2.75) is 69.0 Å². The number of methoxy groups -OCH3 is 1. The summed E-state index contributed by atoms with van der Waals surface area (Å²) in [6.45, 7) is -1.19. The number of hydrogen-bond donors (Lipinski definition) is 5. The number of quaternary nitrogens is 1. The number of nitro benzene ring substituents is 1. The van der Waals surface area contributed by atoms with Gasteiger partial charge in [0.05, 0.1) is 62.8 Å². The highest BCUT2D eigenvalue weighted by Crippen LogP contribution is 2.43. The van der Waals surface area contributed by atoms with E-state index in [1.165, 1.54) is 35.8 Å². The highest BCUT2D eigenvalue weighted by Gasteiger charge is 2.55. The summed E-state index contributed by atoms with van der Waals surface area (Å²) in [4.78, 5) is 56.7. The number of fused-ring (bicyclic) bond motifs is 2. The van der Waals surface area contributed by atoms with Crippen molar-refractivity contribution in [2.24, 2.45) is 0 Å². The van der Waals surface area contributed by atoms with Gasteiger partial charge in [-0.2, -0.15) is 8.42 Å². The molecule has 2 aliphatic rings. The number of ether oxygens (including phenoxy) is 2. The van der Waals surface area contributed by atoms with Crippen LogP contribution in [0.2, 0.25) is 0 Å². The van der Waals surface area contributed by atoms with E-state index in [0.29, 0.717) is 56.1 Å². The van der Waals surface area contributed by atoms with E-state index in [2.05, 4.69) is 47.4 Å². The minimum absolute atomic E-state index is 0.00119. The summed E-state index contributed by atoms with van der Waals surface area (Å²) in [5.74, 6) is -1.94. The molecule has 0 aliphatic carbocycles. The van der Waals surface area contributed by atoms with Gasteiger partial charge in [-0.05, 0) is 96.1 Å². The van der Waals surface area contributed by atoms with E-state index in [9.17, 15) is 37.5 Å². The molecule has 79 heavy (non-hydrogen) atoms. The third kappa shape index (κ3) is 16.6. The number of nitrogens with zero attached hydrogens (tertiary/aromatic N) is 5. The number of halogens is 2. The van der Waals surface area contributed by atoms with Gasteiger partial charge in [0, 0.05) is 84.3 Å². The minimum atomic E-state index is -4.76. The number of thiophene rings is 2. The molecule has 2 atom stereocenters. The molecule has 0 saturated heterocycles. The zero-order valence-corrected chi connectivity index (χ0v) is 48.5. The summed E-state index contributed by atoms with van der Waals surface area (Å²) in [7, 11) is 6.05. The largest absolute Gasteiger partial charge is 0.737 e. The summed E-state index contributed by atoms with van der Waals surface area (Å²) in [6, 6.07) is 15.5. The molecule has 2 unspecified atom stereocenters. The van der Waals surface area contributed by atoms with Crippen molar-refractivity contribution in [3.8, 4) is 22.1 Å². The average molecular weight is 1190 g/mol. The maximum atomic E-state index is 17.4. The molecule has 424 valence electrons. The molecule has 0 radical (unpaired) electrons. The first-order valence-corrected chi connectivity index (χ1v) is 31.3. The van der Waals surface area contributed by atoms with Crippen LogP contribution in [0.3, 0.4) is 0 Å². The number of amides is 3. The third-order valence-corrected chi connectivity index (χ3v) is 17.7. The number of aromatic nitrogens is 2. The molecular formula is C52H65BF2N9O10S5+. The zero-order chi connectivity index (χ0) is 56.9. The van der Waals surface area contributed by atoms with Crippen molar-refractivity contribution in [1.29, 1.82) is 0 Å². The van der Waals surface area contributed by atoms with Gasteiger partial charge < -0.3 is 52.8 Å². The molecule has 1 aromatic carbocycles. The summed E-state index contributed by atoms with van der Waals surface area (Å²) < 4.78 is 82.9. The number of hydrogen-bond acceptors (Lipinski definition) is 15. The van der Waals surface area contributed by atoms with Crippen LogP contribution in [0.25, 0.3) is 16.6 Å². The second kappa shape index (κ2) is 27.5. The van der Waals surface area contributed by atoms with E-state index in [-0.39, 0.29) is 85.9 Å². The Morgan fingerprint density at radius 1 is 0.937 bits per heavy atom. The maximum absolute atomic E-state index is 17.4. The number of aryl methyl sites for hydroxylation is 1. The monoisotopic (exact) mass is 1180 g/mol. The molecule has 3 amide bonds. The first-order valence-electron chi connectivity index (χ1n) is 25.6. The van der Waals surface area contributed by atoms with Crippen molar-refractivity contribution in [1.82, 2.24) is 30.7 Å². The lowest BCUT2D eigenvalue weighted by Crippen LogP contribution is -2.51.